The number of nitrogens with zero attached hydrogens (tertiary/aromatic N) is 5. The van der Waals surface area contributed by atoms with Gasteiger partial charge in [0, 0.05) is 30.1 Å². The molecule has 0 spiro atoms. The van der Waals surface area contributed by atoms with Crippen molar-refractivity contribution >= 4 is 23.5 Å². The summed E-state index contributed by atoms with van der Waals surface area (Å²) >= 11 is 0. The zero-order valence-corrected chi connectivity index (χ0v) is 18.9. The van der Waals surface area contributed by atoms with Gasteiger partial charge in [-0.3, -0.25) is 18.5 Å². The van der Waals surface area contributed by atoms with E-state index >= 15 is 0 Å². The maximum Gasteiger partial charge on any atom is 0.490 e. The number of ether oxygens (including phenoxy) is 1. The SMILES string of the molecule is Cc1cn(C2CC(N=[N+]=[N-])C(COP(=O)(O)OP(=O)(O)OP(=O)(O)O)O2)c(=O)n(C)c1=O. The summed E-state index contributed by atoms with van der Waals surface area (Å²) in [4.78, 5) is 62.5. The maximum atomic E-state index is 12.4. The van der Waals surface area contributed by atoms with E-state index < -0.39 is 59.7 Å². The average Bonchev–Trinajstić information content (AvgIpc) is 3.01. The number of aromatic nitrogens is 2. The predicted octanol–water partition coefficient (Wildman–Crippen LogP) is 0.165. The van der Waals surface area contributed by atoms with Gasteiger partial charge in [-0.25, -0.2) is 18.5 Å². The lowest BCUT2D eigenvalue weighted by atomic mass is 10.1. The van der Waals surface area contributed by atoms with Crippen LogP contribution in [0.15, 0.2) is 20.9 Å². The first-order chi connectivity index (χ1) is 14.6. The summed E-state index contributed by atoms with van der Waals surface area (Å²) in [6.45, 7) is 0.578. The summed E-state index contributed by atoms with van der Waals surface area (Å²) < 4.78 is 52.9. The molecule has 0 bridgehead atoms. The molecule has 180 valence electrons. The molecule has 21 heteroatoms. The average molecular weight is 521 g/mol. The van der Waals surface area contributed by atoms with Crippen LogP contribution in [-0.4, -0.2) is 47.5 Å². The van der Waals surface area contributed by atoms with Crippen LogP contribution in [0.4, 0.5) is 0 Å². The molecule has 18 nitrogen and oxygen atoms in total. The normalized spacial score (nSPS) is 25.0. The molecule has 5 atom stereocenters. The van der Waals surface area contributed by atoms with Crippen molar-refractivity contribution in [2.45, 2.75) is 31.7 Å². The Balaban J connectivity index is 2.18. The molecule has 1 fully saturated rings. The fraction of sp³-hybridized carbons (Fsp3) is 0.636. The predicted molar refractivity (Wildman–Crippen MR) is 102 cm³/mol. The minimum atomic E-state index is -5.71. The highest BCUT2D eigenvalue weighted by Gasteiger charge is 2.43. The molecule has 1 saturated heterocycles. The van der Waals surface area contributed by atoms with E-state index in [0.29, 0.717) is 0 Å². The van der Waals surface area contributed by atoms with Crippen LogP contribution in [0.5, 0.6) is 0 Å². The molecule has 0 aliphatic carbocycles. The lowest BCUT2D eigenvalue weighted by Gasteiger charge is -2.20. The number of azide groups is 1. The van der Waals surface area contributed by atoms with Crippen molar-refractivity contribution in [3.63, 3.8) is 0 Å². The number of rotatable bonds is 9. The van der Waals surface area contributed by atoms with E-state index in [1.165, 1.54) is 20.2 Å². The molecule has 2 heterocycles. The quantitative estimate of drug-likeness (QED) is 0.146. The van der Waals surface area contributed by atoms with Crippen LogP contribution in [0.1, 0.15) is 18.2 Å². The lowest BCUT2D eigenvalue weighted by Crippen LogP contribution is -2.40. The number of hydrogen-bond donors (Lipinski definition) is 4. The van der Waals surface area contributed by atoms with Crippen molar-refractivity contribution in [2.75, 3.05) is 6.61 Å². The molecule has 4 N–H and O–H groups in total. The molecule has 1 aliphatic heterocycles. The topological polar surface area (TPSA) is 262 Å². The zero-order valence-electron chi connectivity index (χ0n) is 16.3. The summed E-state index contributed by atoms with van der Waals surface area (Å²) in [6.07, 6.45) is -1.22. The van der Waals surface area contributed by atoms with Crippen molar-refractivity contribution in [1.82, 2.24) is 9.13 Å². The van der Waals surface area contributed by atoms with E-state index in [9.17, 15) is 28.2 Å². The molecule has 1 aromatic rings. The molecule has 1 aliphatic rings. The number of phosphoric acid groups is 3. The summed E-state index contributed by atoms with van der Waals surface area (Å²) in [7, 11) is -15.5. The Hall–Kier alpha value is -1.64. The van der Waals surface area contributed by atoms with Gasteiger partial charge in [-0.05, 0) is 12.5 Å². The third-order valence-electron chi connectivity index (χ3n) is 4.01. The van der Waals surface area contributed by atoms with Crippen molar-refractivity contribution in [2.24, 2.45) is 12.2 Å². The van der Waals surface area contributed by atoms with E-state index in [0.717, 1.165) is 9.13 Å². The van der Waals surface area contributed by atoms with Gasteiger partial charge in [0.2, 0.25) is 0 Å². The smallest absolute Gasteiger partial charge is 0.352 e. The minimum absolute atomic E-state index is 0.105. The maximum absolute atomic E-state index is 12.4. The molecule has 0 aromatic carbocycles. The van der Waals surface area contributed by atoms with Crippen molar-refractivity contribution in [3.05, 3.63) is 43.0 Å². The van der Waals surface area contributed by atoms with Crippen LogP contribution < -0.4 is 11.2 Å². The van der Waals surface area contributed by atoms with Gasteiger partial charge in [-0.2, -0.15) is 8.62 Å². The largest absolute Gasteiger partial charge is 0.490 e. The van der Waals surface area contributed by atoms with Gasteiger partial charge in [-0.15, -0.1) is 0 Å². The van der Waals surface area contributed by atoms with Gasteiger partial charge < -0.3 is 24.3 Å². The van der Waals surface area contributed by atoms with Gasteiger partial charge in [-0.1, -0.05) is 5.11 Å². The highest BCUT2D eigenvalue weighted by molar-refractivity contribution is 7.66. The Bertz CT molecular complexity index is 1180. The second-order valence-corrected chi connectivity index (χ2v) is 10.8. The van der Waals surface area contributed by atoms with E-state index in [2.05, 4.69) is 23.2 Å². The second kappa shape index (κ2) is 9.69. The molecular weight excluding hydrogens is 503 g/mol. The molecule has 5 unspecified atom stereocenters. The Kier molecular flexibility index (Phi) is 8.06. The van der Waals surface area contributed by atoms with Crippen molar-refractivity contribution < 1.29 is 51.2 Å². The first-order valence-electron chi connectivity index (χ1n) is 8.32. The van der Waals surface area contributed by atoms with Crippen LogP contribution in [0.2, 0.25) is 0 Å². The van der Waals surface area contributed by atoms with Crippen LogP contribution in [0.25, 0.3) is 10.4 Å². The molecule has 0 saturated carbocycles. The number of phosphoric ester groups is 1. The molecule has 1 aromatic heterocycles. The highest BCUT2D eigenvalue weighted by Crippen LogP contribution is 2.66. The van der Waals surface area contributed by atoms with E-state index in [-0.39, 0.29) is 12.0 Å². The Morgan fingerprint density at radius 3 is 2.41 bits per heavy atom. The summed E-state index contributed by atoms with van der Waals surface area (Å²) in [5, 5.41) is 3.44. The highest BCUT2D eigenvalue weighted by atomic mass is 31.3. The van der Waals surface area contributed by atoms with Crippen LogP contribution in [0.3, 0.4) is 0 Å². The first-order valence-corrected chi connectivity index (χ1v) is 12.8. The Labute approximate surface area is 178 Å². The zero-order chi connectivity index (χ0) is 24.5. The molecule has 32 heavy (non-hydrogen) atoms. The third kappa shape index (κ3) is 6.93. The fourth-order valence-corrected chi connectivity index (χ4v) is 5.77. The van der Waals surface area contributed by atoms with E-state index in [1.54, 1.807) is 0 Å². The number of hydrogen-bond acceptors (Lipinski definition) is 10. The lowest BCUT2D eigenvalue weighted by molar-refractivity contribution is -0.0272. The van der Waals surface area contributed by atoms with E-state index in [1.807, 2.05) is 0 Å². The molecule has 0 amide bonds. The monoisotopic (exact) mass is 521 g/mol. The summed E-state index contributed by atoms with van der Waals surface area (Å²) in [6, 6.07) is -1.04. The van der Waals surface area contributed by atoms with Gasteiger partial charge in [0.05, 0.1) is 18.8 Å². The van der Waals surface area contributed by atoms with Gasteiger partial charge >= 0.3 is 29.2 Å². The summed E-state index contributed by atoms with van der Waals surface area (Å²) in [5.74, 6) is 0. The third-order valence-corrected chi connectivity index (χ3v) is 7.82. The molecule has 2 rings (SSSR count). The van der Waals surface area contributed by atoms with Crippen molar-refractivity contribution in [1.29, 1.82) is 0 Å². The van der Waals surface area contributed by atoms with Crippen LogP contribution in [-0.2, 0) is 38.6 Å². The Morgan fingerprint density at radius 2 is 1.84 bits per heavy atom. The number of aryl methyl sites for hydroxylation is 1. The van der Waals surface area contributed by atoms with Crippen molar-refractivity contribution in [3.8, 4) is 0 Å². The molecular formula is C11H18N5O13P3. The van der Waals surface area contributed by atoms with Crippen LogP contribution in [0, 0.1) is 6.92 Å². The fourth-order valence-electron chi connectivity index (χ4n) is 2.74. The van der Waals surface area contributed by atoms with Gasteiger partial charge in [0.25, 0.3) is 5.56 Å². The Morgan fingerprint density at radius 1 is 1.22 bits per heavy atom. The van der Waals surface area contributed by atoms with Gasteiger partial charge in [0.15, 0.2) is 0 Å². The summed E-state index contributed by atoms with van der Waals surface area (Å²) in [5.41, 5.74) is 7.64. The van der Waals surface area contributed by atoms with Crippen LogP contribution >= 0.6 is 23.5 Å². The van der Waals surface area contributed by atoms with E-state index in [4.69, 9.17) is 24.9 Å². The van der Waals surface area contributed by atoms with Gasteiger partial charge in [0.1, 0.15) is 6.23 Å². The first kappa shape index (κ1) is 26.6. The standard InChI is InChI=1S/C11H18N5O13P3/c1-6-4-16(11(18)15(2)10(6)17)9-3-7(13-14-12)8(27-9)5-26-31(22,23)29-32(24,25)28-30(19,20)21/h4,7-9H,3,5H2,1-2H3,(H,22,23)(H,24,25)(H2,19,20,21). The molecule has 0 radical (unpaired) electrons. The second-order valence-electron chi connectivity index (χ2n) is 6.39. The minimum Gasteiger partial charge on any atom is -0.352 e.